The van der Waals surface area contributed by atoms with E-state index in [4.69, 9.17) is 11.6 Å². The molecule has 1 N–H and O–H groups in total. The van der Waals surface area contributed by atoms with Crippen LogP contribution in [0.25, 0.3) is 0 Å². The van der Waals surface area contributed by atoms with Crippen molar-refractivity contribution in [2.24, 2.45) is 5.10 Å². The molecule has 0 aliphatic carbocycles. The van der Waals surface area contributed by atoms with E-state index in [1.165, 1.54) is 0 Å². The van der Waals surface area contributed by atoms with Crippen molar-refractivity contribution >= 4 is 40.6 Å². The van der Waals surface area contributed by atoms with Gasteiger partial charge in [-0.05, 0) is 60.2 Å². The molecule has 0 fully saturated rings. The lowest BCUT2D eigenvalue weighted by molar-refractivity contribution is 1.28. The van der Waals surface area contributed by atoms with Gasteiger partial charge in [0.1, 0.15) is 0 Å². The Morgan fingerprint density at radius 2 is 1.24 bits per heavy atom. The summed E-state index contributed by atoms with van der Waals surface area (Å²) in [6.07, 6.45) is 1.79. The van der Waals surface area contributed by atoms with E-state index >= 15 is 0 Å². The van der Waals surface area contributed by atoms with Crippen LogP contribution in [0.15, 0.2) is 114 Å². The number of hydrogen-bond donors (Lipinski definition) is 1. The molecule has 0 saturated carbocycles. The van der Waals surface area contributed by atoms with Crippen LogP contribution >= 0.6 is 11.6 Å². The number of hydrazone groups is 1. The van der Waals surface area contributed by atoms with Crippen LogP contribution in [0.1, 0.15) is 5.56 Å². The van der Waals surface area contributed by atoms with Crippen molar-refractivity contribution in [3.05, 3.63) is 120 Å². The van der Waals surface area contributed by atoms with Crippen molar-refractivity contribution in [1.82, 2.24) is 0 Å². The highest BCUT2D eigenvalue weighted by molar-refractivity contribution is 6.30. The summed E-state index contributed by atoms with van der Waals surface area (Å²) in [6.45, 7) is 0. The molecule has 3 nitrogen and oxygen atoms in total. The summed E-state index contributed by atoms with van der Waals surface area (Å²) in [5.41, 5.74) is 8.17. The van der Waals surface area contributed by atoms with Crippen molar-refractivity contribution in [3.8, 4) is 0 Å². The summed E-state index contributed by atoms with van der Waals surface area (Å²) in [4.78, 5) is 2.23. The van der Waals surface area contributed by atoms with Crippen molar-refractivity contribution in [2.45, 2.75) is 0 Å². The van der Waals surface area contributed by atoms with E-state index in [1.54, 1.807) is 6.21 Å². The monoisotopic (exact) mass is 397 g/mol. The Hall–Kier alpha value is -3.56. The number of para-hydroxylation sites is 2. The van der Waals surface area contributed by atoms with Crippen molar-refractivity contribution in [3.63, 3.8) is 0 Å². The molecule has 4 aromatic carbocycles. The van der Waals surface area contributed by atoms with Crippen molar-refractivity contribution in [1.29, 1.82) is 0 Å². The van der Waals surface area contributed by atoms with Crippen molar-refractivity contribution < 1.29 is 0 Å². The fourth-order valence-corrected chi connectivity index (χ4v) is 3.24. The van der Waals surface area contributed by atoms with Crippen LogP contribution < -0.4 is 10.3 Å². The summed E-state index contributed by atoms with van der Waals surface area (Å²) in [5.74, 6) is 0. The van der Waals surface area contributed by atoms with E-state index in [0.29, 0.717) is 5.02 Å². The molecule has 0 saturated heterocycles. The van der Waals surface area contributed by atoms with Gasteiger partial charge in [-0.15, -0.1) is 0 Å². The second-order valence-corrected chi connectivity index (χ2v) is 6.91. The highest BCUT2D eigenvalue weighted by Crippen LogP contribution is 2.33. The molecular formula is C25H20ClN3. The molecule has 4 rings (SSSR count). The molecule has 142 valence electrons. The zero-order valence-electron chi connectivity index (χ0n) is 15.7. The summed E-state index contributed by atoms with van der Waals surface area (Å²) < 4.78 is 0. The molecule has 0 spiro atoms. The molecule has 0 unspecified atom stereocenters. The standard InChI is InChI=1S/C25H20ClN3/c26-21-8-7-9-22(18-21)28-27-19-20-14-16-25(17-15-20)29(23-10-3-1-4-11-23)24-12-5-2-6-13-24/h1-19,28H. The van der Waals surface area contributed by atoms with Crippen LogP contribution in [-0.2, 0) is 0 Å². The molecular weight excluding hydrogens is 378 g/mol. The molecule has 0 atom stereocenters. The fourth-order valence-electron chi connectivity index (χ4n) is 3.05. The van der Waals surface area contributed by atoms with Gasteiger partial charge >= 0.3 is 0 Å². The first kappa shape index (κ1) is 18.8. The average Bonchev–Trinajstić information content (AvgIpc) is 2.77. The quantitative estimate of drug-likeness (QED) is 0.274. The topological polar surface area (TPSA) is 27.6 Å². The first-order valence-electron chi connectivity index (χ1n) is 9.34. The Morgan fingerprint density at radius 3 is 1.83 bits per heavy atom. The second kappa shape index (κ2) is 9.09. The predicted octanol–water partition coefficient (Wildman–Crippen LogP) is 7.26. The molecule has 0 radical (unpaired) electrons. The number of hydrogen-bond acceptors (Lipinski definition) is 3. The third-order valence-electron chi connectivity index (χ3n) is 4.41. The van der Waals surface area contributed by atoms with Crippen LogP contribution in [0.4, 0.5) is 22.7 Å². The maximum absolute atomic E-state index is 5.99. The molecule has 0 amide bonds. The number of rotatable bonds is 6. The molecule has 4 heteroatoms. The SMILES string of the molecule is Clc1cccc(NN=Cc2ccc(N(c3ccccc3)c3ccccc3)cc2)c1. The predicted molar refractivity (Wildman–Crippen MR) is 124 cm³/mol. The summed E-state index contributed by atoms with van der Waals surface area (Å²) >= 11 is 5.99. The number of nitrogens with one attached hydrogen (secondary N) is 1. The first-order chi connectivity index (χ1) is 14.3. The van der Waals surface area contributed by atoms with Crippen LogP contribution in [0, 0.1) is 0 Å². The highest BCUT2D eigenvalue weighted by Gasteiger charge is 2.11. The number of anilines is 4. The lowest BCUT2D eigenvalue weighted by Crippen LogP contribution is -2.09. The molecule has 0 aliphatic heterocycles. The van der Waals surface area contributed by atoms with Gasteiger partial charge in [0.05, 0.1) is 11.9 Å². The van der Waals surface area contributed by atoms with E-state index in [-0.39, 0.29) is 0 Å². The summed E-state index contributed by atoms with van der Waals surface area (Å²) in [6, 6.07) is 36.5. The van der Waals surface area contributed by atoms with Gasteiger partial charge in [-0.2, -0.15) is 5.10 Å². The first-order valence-corrected chi connectivity index (χ1v) is 9.72. The van der Waals surface area contributed by atoms with E-state index < -0.39 is 0 Å². The third kappa shape index (κ3) is 4.84. The lowest BCUT2D eigenvalue weighted by Gasteiger charge is -2.25. The third-order valence-corrected chi connectivity index (χ3v) is 4.65. The normalized spacial score (nSPS) is 10.8. The maximum atomic E-state index is 5.99. The van der Waals surface area contributed by atoms with Crippen LogP contribution in [-0.4, -0.2) is 6.21 Å². The van der Waals surface area contributed by atoms with E-state index in [2.05, 4.69) is 64.0 Å². The molecule has 0 heterocycles. The minimum Gasteiger partial charge on any atom is -0.311 e. The Labute approximate surface area is 175 Å². The summed E-state index contributed by atoms with van der Waals surface area (Å²) in [7, 11) is 0. The van der Waals surface area contributed by atoms with Gasteiger partial charge in [0.25, 0.3) is 0 Å². The minimum atomic E-state index is 0.677. The minimum absolute atomic E-state index is 0.677. The molecule has 0 bridgehead atoms. The van der Waals surface area contributed by atoms with Crippen LogP contribution in [0.3, 0.4) is 0 Å². The van der Waals surface area contributed by atoms with Gasteiger partial charge in [-0.3, -0.25) is 5.43 Å². The average molecular weight is 398 g/mol. The molecule has 0 aliphatic rings. The Morgan fingerprint density at radius 1 is 0.655 bits per heavy atom. The maximum Gasteiger partial charge on any atom is 0.0576 e. The Balaban J connectivity index is 1.55. The van der Waals surface area contributed by atoms with Gasteiger partial charge in [0.15, 0.2) is 0 Å². The zero-order chi connectivity index (χ0) is 19.9. The van der Waals surface area contributed by atoms with Gasteiger partial charge in [0, 0.05) is 22.1 Å². The zero-order valence-corrected chi connectivity index (χ0v) is 16.5. The van der Waals surface area contributed by atoms with Gasteiger partial charge in [-0.1, -0.05) is 66.2 Å². The summed E-state index contributed by atoms with van der Waals surface area (Å²) in [5, 5.41) is 4.97. The fraction of sp³-hybridized carbons (Fsp3) is 0. The lowest BCUT2D eigenvalue weighted by atomic mass is 10.1. The smallest absolute Gasteiger partial charge is 0.0576 e. The van der Waals surface area contributed by atoms with Gasteiger partial charge < -0.3 is 4.90 Å². The van der Waals surface area contributed by atoms with Gasteiger partial charge in [0.2, 0.25) is 0 Å². The van der Waals surface area contributed by atoms with Crippen LogP contribution in [0.2, 0.25) is 5.02 Å². The van der Waals surface area contributed by atoms with Crippen LogP contribution in [0.5, 0.6) is 0 Å². The van der Waals surface area contributed by atoms with E-state index in [1.807, 2.05) is 60.7 Å². The Kier molecular flexibility index (Phi) is 5.89. The van der Waals surface area contributed by atoms with E-state index in [0.717, 1.165) is 28.3 Å². The molecule has 4 aromatic rings. The molecule has 29 heavy (non-hydrogen) atoms. The number of benzene rings is 4. The van der Waals surface area contributed by atoms with Crippen molar-refractivity contribution in [2.75, 3.05) is 10.3 Å². The Bertz CT molecular complexity index is 1040. The second-order valence-electron chi connectivity index (χ2n) is 6.48. The number of halogens is 1. The van der Waals surface area contributed by atoms with E-state index in [9.17, 15) is 0 Å². The highest BCUT2D eigenvalue weighted by atomic mass is 35.5. The number of nitrogens with zero attached hydrogens (tertiary/aromatic N) is 2. The molecule has 0 aromatic heterocycles. The van der Waals surface area contributed by atoms with Gasteiger partial charge in [-0.25, -0.2) is 0 Å². The largest absolute Gasteiger partial charge is 0.311 e.